The van der Waals surface area contributed by atoms with Crippen LogP contribution in [0.25, 0.3) is 5.69 Å². The molecule has 1 aromatic carbocycles. The summed E-state index contributed by atoms with van der Waals surface area (Å²) in [6.07, 6.45) is 0. The molecule has 0 aliphatic carbocycles. The van der Waals surface area contributed by atoms with Crippen molar-refractivity contribution < 1.29 is 4.79 Å². The molecule has 0 aliphatic rings. The van der Waals surface area contributed by atoms with Crippen LogP contribution < -0.4 is 0 Å². The van der Waals surface area contributed by atoms with Gasteiger partial charge in [-0.25, -0.2) is 0 Å². The quantitative estimate of drug-likeness (QED) is 0.514. The van der Waals surface area contributed by atoms with E-state index in [0.29, 0.717) is 5.75 Å². The first-order valence-corrected chi connectivity index (χ1v) is 9.07. The molecular formula is C17H17N3OS2. The van der Waals surface area contributed by atoms with Gasteiger partial charge < -0.3 is 4.57 Å². The SMILES string of the molecule is Cc1nnc(SCC(=O)c2cc(C)n(-c3ccccc3)c2C)s1. The third-order valence-corrected chi connectivity index (χ3v) is 5.55. The van der Waals surface area contributed by atoms with Crippen LogP contribution in [0.1, 0.15) is 26.8 Å². The molecule has 0 saturated heterocycles. The number of nitrogens with zero attached hydrogens (tertiary/aromatic N) is 3. The van der Waals surface area contributed by atoms with E-state index in [4.69, 9.17) is 0 Å². The molecule has 6 heteroatoms. The van der Waals surface area contributed by atoms with Crippen LogP contribution in [0.4, 0.5) is 0 Å². The minimum atomic E-state index is 0.123. The normalized spacial score (nSPS) is 10.9. The molecule has 0 unspecified atom stereocenters. The maximum Gasteiger partial charge on any atom is 0.174 e. The van der Waals surface area contributed by atoms with Crippen molar-refractivity contribution in [3.05, 3.63) is 58.4 Å². The zero-order chi connectivity index (χ0) is 16.4. The van der Waals surface area contributed by atoms with Gasteiger partial charge in [0, 0.05) is 22.6 Å². The van der Waals surface area contributed by atoms with Gasteiger partial charge in [-0.05, 0) is 39.0 Å². The number of para-hydroxylation sites is 1. The number of hydrogen-bond donors (Lipinski definition) is 0. The Morgan fingerprint density at radius 2 is 1.91 bits per heavy atom. The number of rotatable bonds is 5. The van der Waals surface area contributed by atoms with Crippen LogP contribution in [0.5, 0.6) is 0 Å². The lowest BCUT2D eigenvalue weighted by molar-refractivity contribution is 0.102. The second kappa shape index (κ2) is 6.68. The fourth-order valence-electron chi connectivity index (χ4n) is 2.56. The van der Waals surface area contributed by atoms with Crippen molar-refractivity contribution in [2.75, 3.05) is 5.75 Å². The summed E-state index contributed by atoms with van der Waals surface area (Å²) in [5, 5.41) is 8.94. The van der Waals surface area contributed by atoms with E-state index in [9.17, 15) is 4.79 Å². The van der Waals surface area contributed by atoms with E-state index >= 15 is 0 Å². The highest BCUT2D eigenvalue weighted by Crippen LogP contribution is 2.25. The van der Waals surface area contributed by atoms with Gasteiger partial charge >= 0.3 is 0 Å². The predicted octanol–water partition coefficient (Wildman–Crippen LogP) is 4.23. The average Bonchev–Trinajstić information content (AvgIpc) is 3.09. The van der Waals surface area contributed by atoms with Crippen LogP contribution in [-0.2, 0) is 0 Å². The second-order valence-electron chi connectivity index (χ2n) is 5.25. The van der Waals surface area contributed by atoms with E-state index in [1.54, 1.807) is 0 Å². The van der Waals surface area contributed by atoms with Gasteiger partial charge in [0.15, 0.2) is 10.1 Å². The lowest BCUT2D eigenvalue weighted by atomic mass is 10.2. The predicted molar refractivity (Wildman–Crippen MR) is 94.9 cm³/mol. The van der Waals surface area contributed by atoms with Gasteiger partial charge in [-0.3, -0.25) is 4.79 Å². The highest BCUT2D eigenvalue weighted by Gasteiger charge is 2.17. The number of aryl methyl sites for hydroxylation is 2. The summed E-state index contributed by atoms with van der Waals surface area (Å²) in [6.45, 7) is 5.93. The number of benzene rings is 1. The van der Waals surface area contributed by atoms with Gasteiger partial charge in [0.05, 0.1) is 5.75 Å². The molecule has 0 aliphatic heterocycles. The standard InChI is InChI=1S/C17H17N3OS2/c1-11-9-15(12(2)20(11)14-7-5-4-6-8-14)16(21)10-22-17-19-18-13(3)23-17/h4-9H,10H2,1-3H3. The van der Waals surface area contributed by atoms with Crippen molar-refractivity contribution in [3.63, 3.8) is 0 Å². The Morgan fingerprint density at radius 1 is 1.17 bits per heavy atom. The van der Waals surface area contributed by atoms with Gasteiger partial charge in [0.1, 0.15) is 5.01 Å². The fraction of sp³-hybridized carbons (Fsp3) is 0.235. The molecule has 2 aromatic heterocycles. The van der Waals surface area contributed by atoms with Crippen LogP contribution >= 0.6 is 23.1 Å². The van der Waals surface area contributed by atoms with Crippen molar-refractivity contribution in [3.8, 4) is 5.69 Å². The Balaban J connectivity index is 1.82. The first-order valence-electron chi connectivity index (χ1n) is 7.26. The summed E-state index contributed by atoms with van der Waals surface area (Å²) in [4.78, 5) is 12.6. The van der Waals surface area contributed by atoms with Gasteiger partial charge in [-0.1, -0.05) is 41.3 Å². The van der Waals surface area contributed by atoms with E-state index in [1.165, 1.54) is 23.1 Å². The summed E-state index contributed by atoms with van der Waals surface area (Å²) in [7, 11) is 0. The molecule has 3 aromatic rings. The van der Waals surface area contributed by atoms with Crippen molar-refractivity contribution in [2.24, 2.45) is 0 Å². The number of aromatic nitrogens is 3. The summed E-state index contributed by atoms with van der Waals surface area (Å²) >= 11 is 2.97. The molecular weight excluding hydrogens is 326 g/mol. The lowest BCUT2D eigenvalue weighted by Crippen LogP contribution is -2.05. The average molecular weight is 343 g/mol. The van der Waals surface area contributed by atoms with Crippen LogP contribution in [0.15, 0.2) is 40.7 Å². The first-order chi connectivity index (χ1) is 11.1. The summed E-state index contributed by atoms with van der Waals surface area (Å²) in [6, 6.07) is 12.1. The van der Waals surface area contributed by atoms with Crippen molar-refractivity contribution in [1.82, 2.24) is 14.8 Å². The van der Waals surface area contributed by atoms with Gasteiger partial charge in [0.2, 0.25) is 0 Å². The second-order valence-corrected chi connectivity index (χ2v) is 7.66. The smallest absolute Gasteiger partial charge is 0.174 e. The summed E-state index contributed by atoms with van der Waals surface area (Å²) in [5.74, 6) is 0.506. The van der Waals surface area contributed by atoms with Crippen molar-refractivity contribution in [2.45, 2.75) is 25.1 Å². The summed E-state index contributed by atoms with van der Waals surface area (Å²) < 4.78 is 2.96. The molecule has 4 nitrogen and oxygen atoms in total. The Kier molecular flexibility index (Phi) is 4.63. The largest absolute Gasteiger partial charge is 0.318 e. The van der Waals surface area contributed by atoms with Crippen molar-refractivity contribution in [1.29, 1.82) is 0 Å². The lowest BCUT2D eigenvalue weighted by Gasteiger charge is -2.09. The third-order valence-electron chi connectivity index (χ3n) is 3.58. The summed E-state index contributed by atoms with van der Waals surface area (Å²) in [5.41, 5.74) is 3.90. The van der Waals surface area contributed by atoms with Crippen LogP contribution in [0, 0.1) is 20.8 Å². The van der Waals surface area contributed by atoms with Crippen LogP contribution in [-0.4, -0.2) is 26.3 Å². The topological polar surface area (TPSA) is 47.8 Å². The molecule has 0 bridgehead atoms. The number of ketones is 1. The maximum atomic E-state index is 12.6. The third kappa shape index (κ3) is 3.38. The van der Waals surface area contributed by atoms with Crippen LogP contribution in [0.3, 0.4) is 0 Å². The van der Waals surface area contributed by atoms with E-state index < -0.39 is 0 Å². The molecule has 0 radical (unpaired) electrons. The molecule has 118 valence electrons. The maximum absolute atomic E-state index is 12.6. The number of hydrogen-bond acceptors (Lipinski definition) is 5. The molecule has 23 heavy (non-hydrogen) atoms. The van der Waals surface area contributed by atoms with E-state index in [-0.39, 0.29) is 5.78 Å². The number of carbonyl (C=O) groups is 1. The molecule has 2 heterocycles. The Hall–Kier alpha value is -1.92. The first kappa shape index (κ1) is 16.0. The zero-order valence-electron chi connectivity index (χ0n) is 13.2. The van der Waals surface area contributed by atoms with Crippen LogP contribution in [0.2, 0.25) is 0 Å². The monoisotopic (exact) mass is 343 g/mol. The molecule has 0 atom stereocenters. The molecule has 0 amide bonds. The number of carbonyl (C=O) groups excluding carboxylic acids is 1. The van der Waals surface area contributed by atoms with Crippen molar-refractivity contribution >= 4 is 28.9 Å². The van der Waals surface area contributed by atoms with Gasteiger partial charge in [-0.15, -0.1) is 10.2 Å². The van der Waals surface area contributed by atoms with Gasteiger partial charge in [0.25, 0.3) is 0 Å². The Morgan fingerprint density at radius 3 is 2.57 bits per heavy atom. The fourth-order valence-corrected chi connectivity index (χ4v) is 4.26. The Labute approximate surface area is 143 Å². The molecule has 3 rings (SSSR count). The minimum Gasteiger partial charge on any atom is -0.318 e. The molecule has 0 fully saturated rings. The molecule has 0 saturated carbocycles. The van der Waals surface area contributed by atoms with E-state index in [1.807, 2.05) is 57.2 Å². The highest BCUT2D eigenvalue weighted by molar-refractivity contribution is 8.01. The minimum absolute atomic E-state index is 0.123. The number of Topliss-reactive ketones (excluding diaryl/α,β-unsaturated/α-hetero) is 1. The zero-order valence-corrected chi connectivity index (χ0v) is 14.9. The van der Waals surface area contributed by atoms with E-state index in [0.717, 1.165) is 32.0 Å². The highest BCUT2D eigenvalue weighted by atomic mass is 32.2. The molecule has 0 spiro atoms. The van der Waals surface area contributed by atoms with Gasteiger partial charge in [-0.2, -0.15) is 0 Å². The Bertz CT molecular complexity index is 837. The number of thioether (sulfide) groups is 1. The molecule has 0 N–H and O–H groups in total. The van der Waals surface area contributed by atoms with E-state index in [2.05, 4.69) is 14.8 Å².